The SMILES string of the molecule is CC.COc1ccc(CN2C(=O)c3cc(F)cc(COCCS(C)(C)C)c3C2(C)C)cc1. The highest BCUT2D eigenvalue weighted by atomic mass is 32.3. The number of nitrogens with zero attached hydrogens (tertiary/aromatic N) is 1. The van der Waals surface area contributed by atoms with Crippen molar-refractivity contribution in [2.75, 3.05) is 38.2 Å². The third kappa shape index (κ3) is 6.04. The Hall–Kier alpha value is -2.05. The summed E-state index contributed by atoms with van der Waals surface area (Å²) in [6, 6.07) is 10.5. The van der Waals surface area contributed by atoms with Gasteiger partial charge in [-0.3, -0.25) is 4.79 Å². The largest absolute Gasteiger partial charge is 0.497 e. The van der Waals surface area contributed by atoms with Crippen molar-refractivity contribution < 1.29 is 18.7 Å². The van der Waals surface area contributed by atoms with Crippen molar-refractivity contribution in [1.82, 2.24) is 4.90 Å². The van der Waals surface area contributed by atoms with Gasteiger partial charge in [-0.25, -0.2) is 14.4 Å². The molecule has 3 rings (SSSR count). The number of amides is 1. The molecule has 6 heteroatoms. The molecule has 2 aromatic carbocycles. The van der Waals surface area contributed by atoms with E-state index in [9.17, 15) is 9.18 Å². The van der Waals surface area contributed by atoms with Gasteiger partial charge in [-0.05, 0) is 73.6 Å². The molecular weight excluding hydrogens is 425 g/mol. The number of rotatable bonds is 8. The third-order valence-corrected chi connectivity index (χ3v) is 6.94. The molecule has 0 atom stereocenters. The monoisotopic (exact) mass is 463 g/mol. The minimum Gasteiger partial charge on any atom is -0.497 e. The third-order valence-electron chi connectivity index (χ3n) is 5.54. The minimum atomic E-state index is -0.649. The number of carbonyl (C=O) groups excluding carboxylic acids is 1. The summed E-state index contributed by atoms with van der Waals surface area (Å²) in [5.74, 6) is 1.22. The van der Waals surface area contributed by atoms with Gasteiger partial charge in [0.2, 0.25) is 0 Å². The fourth-order valence-corrected chi connectivity index (χ4v) is 4.49. The smallest absolute Gasteiger partial charge is 0.255 e. The number of ether oxygens (including phenoxy) is 2. The van der Waals surface area contributed by atoms with Gasteiger partial charge in [0, 0.05) is 17.9 Å². The van der Waals surface area contributed by atoms with Crippen LogP contribution in [0.1, 0.15) is 54.7 Å². The summed E-state index contributed by atoms with van der Waals surface area (Å²) in [5.41, 5.74) is 2.49. The van der Waals surface area contributed by atoms with E-state index in [0.29, 0.717) is 25.3 Å². The lowest BCUT2D eigenvalue weighted by molar-refractivity contribution is 0.0590. The lowest BCUT2D eigenvalue weighted by atomic mass is 9.89. The van der Waals surface area contributed by atoms with E-state index >= 15 is 0 Å². The number of hydrogen-bond donors (Lipinski definition) is 0. The molecule has 1 amide bonds. The highest BCUT2D eigenvalue weighted by Gasteiger charge is 2.44. The van der Waals surface area contributed by atoms with Crippen LogP contribution in [0.2, 0.25) is 0 Å². The Morgan fingerprint density at radius 1 is 1.06 bits per heavy atom. The van der Waals surface area contributed by atoms with E-state index in [2.05, 4.69) is 18.8 Å². The predicted octanol–water partition coefficient (Wildman–Crippen LogP) is 5.96. The van der Waals surface area contributed by atoms with Crippen molar-refractivity contribution in [2.24, 2.45) is 0 Å². The van der Waals surface area contributed by atoms with Gasteiger partial charge in [-0.2, -0.15) is 0 Å². The standard InChI is InChI=1S/C24H32FNO3S.C2H6/c1-24(2)22-18(16-29-11-12-30(4,5)6)13-19(25)14-21(22)23(27)26(24)15-17-7-9-20(28-3)10-8-17;1-2/h7-10,13-14H,11-12,15-16H2,1-6H3;1-2H3. The predicted molar refractivity (Wildman–Crippen MR) is 134 cm³/mol. The van der Waals surface area contributed by atoms with Crippen LogP contribution in [0.15, 0.2) is 36.4 Å². The van der Waals surface area contributed by atoms with Crippen molar-refractivity contribution in [2.45, 2.75) is 46.4 Å². The molecule has 4 nitrogen and oxygen atoms in total. The molecule has 0 unspecified atom stereocenters. The average Bonchev–Trinajstić information content (AvgIpc) is 2.92. The Morgan fingerprint density at radius 3 is 2.25 bits per heavy atom. The molecule has 0 saturated heterocycles. The fourth-order valence-electron chi connectivity index (χ4n) is 3.88. The molecule has 0 saturated carbocycles. The maximum atomic E-state index is 14.3. The van der Waals surface area contributed by atoms with Crippen LogP contribution in [-0.2, 0) is 23.4 Å². The van der Waals surface area contributed by atoms with Crippen LogP contribution in [0, 0.1) is 5.82 Å². The van der Waals surface area contributed by atoms with Crippen molar-refractivity contribution in [3.8, 4) is 5.75 Å². The summed E-state index contributed by atoms with van der Waals surface area (Å²) in [7, 11) is 0.976. The lowest BCUT2D eigenvalue weighted by Gasteiger charge is -2.33. The van der Waals surface area contributed by atoms with E-state index in [1.54, 1.807) is 7.11 Å². The van der Waals surface area contributed by atoms with Crippen molar-refractivity contribution >= 4 is 15.9 Å². The van der Waals surface area contributed by atoms with Gasteiger partial charge in [0.25, 0.3) is 5.91 Å². The molecule has 32 heavy (non-hydrogen) atoms. The van der Waals surface area contributed by atoms with Crippen LogP contribution < -0.4 is 4.74 Å². The van der Waals surface area contributed by atoms with Gasteiger partial charge in [0.1, 0.15) is 11.6 Å². The summed E-state index contributed by atoms with van der Waals surface area (Å²) >= 11 is 0. The van der Waals surface area contributed by atoms with Crippen molar-refractivity contribution in [3.63, 3.8) is 0 Å². The van der Waals surface area contributed by atoms with Gasteiger partial charge in [0.05, 0.1) is 25.9 Å². The fraction of sp³-hybridized carbons (Fsp3) is 0.500. The molecule has 2 aromatic rings. The van der Waals surface area contributed by atoms with Gasteiger partial charge >= 0.3 is 0 Å². The van der Waals surface area contributed by atoms with Gasteiger partial charge < -0.3 is 14.4 Å². The second kappa shape index (κ2) is 10.7. The van der Waals surface area contributed by atoms with Crippen LogP contribution >= 0.6 is 10.0 Å². The summed E-state index contributed by atoms with van der Waals surface area (Å²) in [6.45, 7) is 9.42. The first-order valence-electron chi connectivity index (χ1n) is 11.0. The number of hydrogen-bond acceptors (Lipinski definition) is 3. The highest BCUT2D eigenvalue weighted by molar-refractivity contribution is 8.32. The second-order valence-corrected chi connectivity index (χ2v) is 13.7. The Bertz CT molecular complexity index is 920. The molecule has 0 bridgehead atoms. The molecular formula is C26H38FNO3S. The van der Waals surface area contributed by atoms with Crippen LogP contribution in [0.25, 0.3) is 0 Å². The quantitative estimate of drug-likeness (QED) is 0.453. The zero-order chi connectivity index (χ0) is 24.1. The molecule has 0 spiro atoms. The van der Waals surface area contributed by atoms with Crippen LogP contribution in [0.3, 0.4) is 0 Å². The number of carbonyl (C=O) groups is 1. The second-order valence-electron chi connectivity index (χ2n) is 9.13. The zero-order valence-corrected chi connectivity index (χ0v) is 21.6. The number of fused-ring (bicyclic) bond motifs is 1. The minimum absolute atomic E-state index is 0.147. The Balaban J connectivity index is 0.00000176. The molecule has 1 aliphatic heterocycles. The number of methoxy groups -OCH3 is 1. The number of halogens is 1. The van der Waals surface area contributed by atoms with E-state index in [-0.39, 0.29) is 5.91 Å². The number of benzene rings is 2. The first-order valence-corrected chi connectivity index (χ1v) is 14.1. The molecule has 0 aliphatic carbocycles. The molecule has 0 fully saturated rings. The van der Waals surface area contributed by atoms with Crippen LogP contribution in [0.4, 0.5) is 4.39 Å². The summed E-state index contributed by atoms with van der Waals surface area (Å²) < 4.78 is 25.5. The van der Waals surface area contributed by atoms with Gasteiger partial charge in [-0.15, -0.1) is 0 Å². The first kappa shape index (κ1) is 26.2. The molecule has 178 valence electrons. The lowest BCUT2D eigenvalue weighted by Crippen LogP contribution is -2.38. The molecule has 1 aliphatic rings. The average molecular weight is 464 g/mol. The van der Waals surface area contributed by atoms with Crippen molar-refractivity contribution in [1.29, 1.82) is 0 Å². The van der Waals surface area contributed by atoms with Gasteiger partial charge in [-0.1, -0.05) is 26.0 Å². The molecule has 0 aromatic heterocycles. The topological polar surface area (TPSA) is 38.8 Å². The van der Waals surface area contributed by atoms with E-state index in [1.165, 1.54) is 12.1 Å². The molecule has 1 heterocycles. The summed E-state index contributed by atoms with van der Waals surface area (Å²) in [4.78, 5) is 15.0. The Labute approximate surface area is 194 Å². The zero-order valence-electron chi connectivity index (χ0n) is 20.8. The highest BCUT2D eigenvalue weighted by Crippen LogP contribution is 2.42. The van der Waals surface area contributed by atoms with E-state index in [0.717, 1.165) is 28.2 Å². The van der Waals surface area contributed by atoms with E-state index in [1.807, 2.05) is 56.9 Å². The normalized spacial score (nSPS) is 15.2. The Kier molecular flexibility index (Phi) is 8.77. The molecule has 0 radical (unpaired) electrons. The summed E-state index contributed by atoms with van der Waals surface area (Å²) in [6.07, 6.45) is 6.74. The van der Waals surface area contributed by atoms with Crippen LogP contribution in [-0.4, -0.2) is 49.0 Å². The first-order chi connectivity index (χ1) is 15.0. The van der Waals surface area contributed by atoms with E-state index < -0.39 is 21.4 Å². The summed E-state index contributed by atoms with van der Waals surface area (Å²) in [5, 5.41) is 0. The molecule has 0 N–H and O–H groups in total. The van der Waals surface area contributed by atoms with E-state index in [4.69, 9.17) is 9.47 Å². The van der Waals surface area contributed by atoms with Gasteiger partial charge in [0.15, 0.2) is 0 Å². The maximum Gasteiger partial charge on any atom is 0.255 e. The van der Waals surface area contributed by atoms with Crippen LogP contribution in [0.5, 0.6) is 5.75 Å². The Morgan fingerprint density at radius 2 is 1.69 bits per heavy atom. The van der Waals surface area contributed by atoms with Crippen molar-refractivity contribution in [3.05, 3.63) is 64.5 Å². The maximum absolute atomic E-state index is 14.3.